The number of aliphatic hydroxyl groups is 1. The highest BCUT2D eigenvalue weighted by Crippen LogP contribution is 1.71. The van der Waals surface area contributed by atoms with Crippen molar-refractivity contribution in [2.45, 2.75) is 6.42 Å². The van der Waals surface area contributed by atoms with Crippen molar-refractivity contribution in [2.24, 2.45) is 5.73 Å². The molecule has 0 atom stereocenters. The van der Waals surface area contributed by atoms with E-state index in [0.29, 0.717) is 0 Å². The zero-order chi connectivity index (χ0) is 7.98. The summed E-state index contributed by atoms with van der Waals surface area (Å²) in [5.41, 5.74) is 4.77. The molecule has 0 saturated carbocycles. The highest BCUT2D eigenvalue weighted by Gasteiger charge is 1.97. The Labute approximate surface area is 58.2 Å². The summed E-state index contributed by atoms with van der Waals surface area (Å²) >= 11 is 0. The van der Waals surface area contributed by atoms with Crippen molar-refractivity contribution in [3.05, 3.63) is 0 Å². The first kappa shape index (κ1) is 8.90. The van der Waals surface area contributed by atoms with Gasteiger partial charge in [-0.05, 0) is 0 Å². The van der Waals surface area contributed by atoms with Gasteiger partial charge < -0.3 is 16.2 Å². The van der Waals surface area contributed by atoms with Gasteiger partial charge in [0.15, 0.2) is 0 Å². The molecule has 0 fully saturated rings. The number of hydrogen-bond acceptors (Lipinski definition) is 3. The van der Waals surface area contributed by atoms with Crippen molar-refractivity contribution in [2.75, 3.05) is 13.2 Å². The van der Waals surface area contributed by atoms with E-state index in [1.807, 2.05) is 0 Å². The maximum atomic E-state index is 10.3. The summed E-state index contributed by atoms with van der Waals surface area (Å²) in [5.74, 6) is -0.973. The number of rotatable bonds is 4. The fourth-order valence-electron chi connectivity index (χ4n) is 0.381. The maximum Gasteiger partial charge on any atom is 0.245 e. The number of primary amides is 1. The zero-order valence-electron chi connectivity index (χ0n) is 5.46. The van der Waals surface area contributed by atoms with Crippen LogP contribution < -0.4 is 11.1 Å². The molecule has 0 aliphatic heterocycles. The molecule has 0 radical (unpaired) electrons. The Morgan fingerprint density at radius 2 is 2.10 bits per heavy atom. The Kier molecular flexibility index (Phi) is 4.23. The van der Waals surface area contributed by atoms with E-state index >= 15 is 0 Å². The predicted octanol–water partition coefficient (Wildman–Crippen LogP) is -2.03. The molecule has 0 spiro atoms. The third kappa shape index (κ3) is 5.04. The molecule has 0 aliphatic rings. The SMILES string of the molecule is NC(=O)CCNC(=O)CO. The zero-order valence-corrected chi connectivity index (χ0v) is 5.46. The molecule has 10 heavy (non-hydrogen) atoms. The van der Waals surface area contributed by atoms with E-state index in [0.717, 1.165) is 0 Å². The smallest absolute Gasteiger partial charge is 0.245 e. The first-order chi connectivity index (χ1) is 4.66. The third-order valence-corrected chi connectivity index (χ3v) is 0.837. The molecule has 0 bridgehead atoms. The average molecular weight is 146 g/mol. The van der Waals surface area contributed by atoms with Gasteiger partial charge in [0.1, 0.15) is 6.61 Å². The maximum absolute atomic E-state index is 10.3. The number of nitrogens with two attached hydrogens (primary N) is 1. The summed E-state index contributed by atoms with van der Waals surface area (Å²) in [5, 5.41) is 10.4. The highest BCUT2D eigenvalue weighted by atomic mass is 16.3. The molecule has 0 saturated heterocycles. The largest absolute Gasteiger partial charge is 0.387 e. The van der Waals surface area contributed by atoms with Gasteiger partial charge in [-0.2, -0.15) is 0 Å². The fraction of sp³-hybridized carbons (Fsp3) is 0.600. The van der Waals surface area contributed by atoms with Crippen LogP contribution >= 0.6 is 0 Å². The quantitative estimate of drug-likeness (QED) is 0.427. The molecule has 5 heteroatoms. The summed E-state index contributed by atoms with van der Waals surface area (Å²) in [7, 11) is 0. The van der Waals surface area contributed by atoms with Crippen molar-refractivity contribution in [3.8, 4) is 0 Å². The normalized spacial score (nSPS) is 8.90. The first-order valence-corrected chi connectivity index (χ1v) is 2.82. The second kappa shape index (κ2) is 4.75. The van der Waals surface area contributed by atoms with Crippen LogP contribution in [-0.4, -0.2) is 30.1 Å². The van der Waals surface area contributed by atoms with E-state index < -0.39 is 18.4 Å². The van der Waals surface area contributed by atoms with Crippen LogP contribution in [-0.2, 0) is 9.59 Å². The van der Waals surface area contributed by atoms with Gasteiger partial charge in [0, 0.05) is 13.0 Å². The molecule has 0 unspecified atom stereocenters. The van der Waals surface area contributed by atoms with Crippen molar-refractivity contribution in [3.63, 3.8) is 0 Å². The molecule has 58 valence electrons. The highest BCUT2D eigenvalue weighted by molar-refractivity contribution is 5.78. The van der Waals surface area contributed by atoms with Crippen LogP contribution in [0.1, 0.15) is 6.42 Å². The molecular formula is C5H10N2O3. The van der Waals surface area contributed by atoms with Crippen LogP contribution in [0.5, 0.6) is 0 Å². The van der Waals surface area contributed by atoms with Gasteiger partial charge in [0.05, 0.1) is 0 Å². The molecule has 0 aliphatic carbocycles. The summed E-state index contributed by atoms with van der Waals surface area (Å²) in [6.45, 7) is -0.368. The molecule has 0 aromatic carbocycles. The molecule has 0 rings (SSSR count). The topological polar surface area (TPSA) is 92.4 Å². The van der Waals surface area contributed by atoms with Crippen LogP contribution in [0.4, 0.5) is 0 Å². The van der Waals surface area contributed by atoms with Gasteiger partial charge >= 0.3 is 0 Å². The lowest BCUT2D eigenvalue weighted by Crippen LogP contribution is -2.29. The van der Waals surface area contributed by atoms with E-state index in [1.165, 1.54) is 0 Å². The fourth-order valence-corrected chi connectivity index (χ4v) is 0.381. The lowest BCUT2D eigenvalue weighted by atomic mass is 10.4. The lowest BCUT2D eigenvalue weighted by Gasteiger charge is -1.98. The van der Waals surface area contributed by atoms with Gasteiger partial charge in [0.25, 0.3) is 0 Å². The monoisotopic (exact) mass is 146 g/mol. The Bertz CT molecular complexity index is 135. The lowest BCUT2D eigenvalue weighted by molar-refractivity contribution is -0.124. The van der Waals surface area contributed by atoms with Crippen LogP contribution in [0.15, 0.2) is 0 Å². The summed E-state index contributed by atoms with van der Waals surface area (Å²) in [6.07, 6.45) is 0.103. The van der Waals surface area contributed by atoms with Crippen molar-refractivity contribution in [1.29, 1.82) is 0 Å². The van der Waals surface area contributed by atoms with Gasteiger partial charge in [-0.15, -0.1) is 0 Å². The summed E-state index contributed by atoms with van der Waals surface area (Å²) in [4.78, 5) is 20.4. The van der Waals surface area contributed by atoms with Gasteiger partial charge in [-0.3, -0.25) is 9.59 Å². The van der Waals surface area contributed by atoms with Crippen molar-refractivity contribution in [1.82, 2.24) is 5.32 Å². The molecule has 2 amide bonds. The molecule has 0 aromatic heterocycles. The van der Waals surface area contributed by atoms with Crippen molar-refractivity contribution >= 4 is 11.8 Å². The Hall–Kier alpha value is -1.10. The Morgan fingerprint density at radius 1 is 1.50 bits per heavy atom. The number of hydrogen-bond donors (Lipinski definition) is 3. The van der Waals surface area contributed by atoms with E-state index in [-0.39, 0.29) is 13.0 Å². The minimum absolute atomic E-state index is 0.103. The van der Waals surface area contributed by atoms with E-state index in [1.54, 1.807) is 0 Å². The average Bonchev–Trinajstić information content (AvgIpc) is 1.87. The Balaban J connectivity index is 3.20. The first-order valence-electron chi connectivity index (χ1n) is 2.82. The summed E-state index contributed by atoms with van der Waals surface area (Å²) in [6, 6.07) is 0. The Morgan fingerprint density at radius 3 is 2.50 bits per heavy atom. The van der Waals surface area contributed by atoms with Gasteiger partial charge in [0.2, 0.25) is 11.8 Å². The number of carbonyl (C=O) groups is 2. The van der Waals surface area contributed by atoms with E-state index in [4.69, 9.17) is 10.8 Å². The van der Waals surface area contributed by atoms with Crippen molar-refractivity contribution < 1.29 is 14.7 Å². The van der Waals surface area contributed by atoms with E-state index in [9.17, 15) is 9.59 Å². The number of amides is 2. The number of aliphatic hydroxyl groups excluding tert-OH is 1. The second-order valence-electron chi connectivity index (χ2n) is 1.72. The standard InChI is InChI=1S/C5H10N2O3/c6-4(9)1-2-7-5(10)3-8/h8H,1-3H2,(H2,6,9)(H,7,10). The van der Waals surface area contributed by atoms with Crippen LogP contribution in [0.25, 0.3) is 0 Å². The minimum atomic E-state index is -0.557. The third-order valence-electron chi connectivity index (χ3n) is 0.837. The predicted molar refractivity (Wildman–Crippen MR) is 33.9 cm³/mol. The van der Waals surface area contributed by atoms with Gasteiger partial charge in [-0.25, -0.2) is 0 Å². The van der Waals surface area contributed by atoms with Gasteiger partial charge in [-0.1, -0.05) is 0 Å². The minimum Gasteiger partial charge on any atom is -0.387 e. The molecular weight excluding hydrogens is 136 g/mol. The van der Waals surface area contributed by atoms with Crippen LogP contribution in [0.2, 0.25) is 0 Å². The molecule has 4 N–H and O–H groups in total. The van der Waals surface area contributed by atoms with Crippen LogP contribution in [0, 0.1) is 0 Å². The second-order valence-corrected chi connectivity index (χ2v) is 1.72. The number of nitrogens with one attached hydrogen (secondary N) is 1. The molecule has 0 aromatic rings. The summed E-state index contributed by atoms with van der Waals surface area (Å²) < 4.78 is 0. The van der Waals surface area contributed by atoms with Crippen LogP contribution in [0.3, 0.4) is 0 Å². The molecule has 5 nitrogen and oxygen atoms in total. The number of carbonyl (C=O) groups excluding carboxylic acids is 2. The van der Waals surface area contributed by atoms with E-state index in [2.05, 4.69) is 5.32 Å². The molecule has 0 heterocycles.